The third-order valence-electron chi connectivity index (χ3n) is 2.84. The summed E-state index contributed by atoms with van der Waals surface area (Å²) in [5, 5.41) is 0.310. The molecule has 1 aromatic heterocycles. The second-order valence-corrected chi connectivity index (χ2v) is 6.56. The smallest absolute Gasteiger partial charge is 0.263 e. The summed E-state index contributed by atoms with van der Waals surface area (Å²) >= 11 is 13.0. The number of nitrogens with zero attached hydrogens (tertiary/aromatic N) is 1. The molecule has 1 saturated carbocycles. The van der Waals surface area contributed by atoms with Crippen LogP contribution in [0, 0.1) is 5.92 Å². The minimum Gasteiger partial charge on any atom is -0.341 e. The summed E-state index contributed by atoms with van der Waals surface area (Å²) in [4.78, 5) is 14.4. The van der Waals surface area contributed by atoms with Gasteiger partial charge in [0.25, 0.3) is 5.91 Å². The van der Waals surface area contributed by atoms with E-state index in [-0.39, 0.29) is 5.91 Å². The maximum atomic E-state index is 12.0. The van der Waals surface area contributed by atoms with E-state index in [0.717, 1.165) is 19.4 Å². The number of rotatable bonds is 3. The molecular weight excluding hydrogens is 265 g/mol. The summed E-state index contributed by atoms with van der Waals surface area (Å²) in [5.74, 6) is 0.613. The highest BCUT2D eigenvalue weighted by molar-refractivity contribution is 7.17. The molecule has 0 aromatic carbocycles. The van der Waals surface area contributed by atoms with Crippen LogP contribution in [0.25, 0.3) is 0 Å². The van der Waals surface area contributed by atoms with E-state index in [1.54, 1.807) is 17.0 Å². The molecule has 1 aromatic rings. The fraction of sp³-hybridized carbons (Fsp3) is 0.545. The summed E-state index contributed by atoms with van der Waals surface area (Å²) in [5.41, 5.74) is 0. The van der Waals surface area contributed by atoms with E-state index in [1.807, 2.05) is 7.05 Å². The zero-order valence-corrected chi connectivity index (χ0v) is 11.3. The molecule has 0 unspecified atom stereocenters. The van der Waals surface area contributed by atoms with Crippen LogP contribution >= 0.6 is 34.5 Å². The quantitative estimate of drug-likeness (QED) is 0.775. The third-order valence-corrected chi connectivity index (χ3v) is 4.42. The van der Waals surface area contributed by atoms with Crippen molar-refractivity contribution in [1.29, 1.82) is 0 Å². The molecule has 2 nitrogen and oxygen atoms in total. The summed E-state index contributed by atoms with van der Waals surface area (Å²) < 4.78 is 0.654. The Hall–Kier alpha value is -0.250. The second kappa shape index (κ2) is 4.94. The van der Waals surface area contributed by atoms with E-state index < -0.39 is 0 Å². The molecule has 0 atom stereocenters. The van der Waals surface area contributed by atoms with Gasteiger partial charge < -0.3 is 4.90 Å². The number of carbonyl (C=O) groups excluding carboxylic acids is 1. The fourth-order valence-electron chi connectivity index (χ4n) is 1.89. The van der Waals surface area contributed by atoms with Crippen LogP contribution in [0.2, 0.25) is 4.34 Å². The van der Waals surface area contributed by atoms with Crippen LogP contribution in [0.3, 0.4) is 0 Å². The largest absolute Gasteiger partial charge is 0.341 e. The van der Waals surface area contributed by atoms with Gasteiger partial charge in [-0.3, -0.25) is 4.79 Å². The Labute approximate surface area is 109 Å². The minimum absolute atomic E-state index is 0.0509. The maximum absolute atomic E-state index is 12.0. The van der Waals surface area contributed by atoms with Crippen LogP contribution in [0.4, 0.5) is 0 Å². The molecule has 1 heterocycles. The van der Waals surface area contributed by atoms with Crippen molar-refractivity contribution < 1.29 is 4.79 Å². The van der Waals surface area contributed by atoms with Crippen LogP contribution in [0.15, 0.2) is 12.1 Å². The number of amides is 1. The summed E-state index contributed by atoms with van der Waals surface area (Å²) in [6, 6.07) is 3.53. The molecule has 0 spiro atoms. The Morgan fingerprint density at radius 2 is 2.25 bits per heavy atom. The number of halogens is 2. The van der Waals surface area contributed by atoms with Gasteiger partial charge >= 0.3 is 0 Å². The molecule has 5 heteroatoms. The van der Waals surface area contributed by atoms with Gasteiger partial charge in [0.1, 0.15) is 0 Å². The van der Waals surface area contributed by atoms with E-state index in [4.69, 9.17) is 23.2 Å². The highest BCUT2D eigenvalue weighted by atomic mass is 35.5. The number of alkyl halides is 1. The maximum Gasteiger partial charge on any atom is 0.263 e. The zero-order valence-electron chi connectivity index (χ0n) is 8.95. The van der Waals surface area contributed by atoms with Gasteiger partial charge in [-0.15, -0.1) is 22.9 Å². The van der Waals surface area contributed by atoms with Crippen molar-refractivity contribution in [2.75, 3.05) is 13.6 Å². The normalized spacial score (nSPS) is 23.9. The minimum atomic E-state index is 0.0509. The molecule has 1 fully saturated rings. The van der Waals surface area contributed by atoms with E-state index >= 15 is 0 Å². The van der Waals surface area contributed by atoms with Gasteiger partial charge in [0.15, 0.2) is 0 Å². The highest BCUT2D eigenvalue weighted by Crippen LogP contribution is 2.32. The zero-order chi connectivity index (χ0) is 11.7. The Bertz CT molecular complexity index is 387. The molecule has 1 aliphatic rings. The van der Waals surface area contributed by atoms with Crippen molar-refractivity contribution >= 4 is 40.4 Å². The molecule has 2 rings (SSSR count). The first-order valence-corrected chi connectivity index (χ1v) is 6.84. The standard InChI is InChI=1S/C11H13Cl2NOS/c1-14(6-7-4-8(12)5-7)11(15)9-2-3-10(13)16-9/h2-3,7-8H,4-6H2,1H3. The average molecular weight is 278 g/mol. The highest BCUT2D eigenvalue weighted by Gasteiger charge is 2.29. The Morgan fingerprint density at radius 3 is 2.75 bits per heavy atom. The lowest BCUT2D eigenvalue weighted by molar-refractivity contribution is 0.0751. The summed E-state index contributed by atoms with van der Waals surface area (Å²) in [7, 11) is 1.83. The van der Waals surface area contributed by atoms with Crippen LogP contribution in [0.5, 0.6) is 0 Å². The van der Waals surface area contributed by atoms with Crippen molar-refractivity contribution in [2.24, 2.45) is 5.92 Å². The van der Waals surface area contributed by atoms with E-state index in [2.05, 4.69) is 0 Å². The second-order valence-electron chi connectivity index (χ2n) is 4.22. The molecule has 0 radical (unpaired) electrons. The van der Waals surface area contributed by atoms with Crippen molar-refractivity contribution in [1.82, 2.24) is 4.90 Å². The molecule has 1 amide bonds. The fourth-order valence-corrected chi connectivity index (χ4v) is 3.43. The van der Waals surface area contributed by atoms with E-state index in [0.29, 0.717) is 20.5 Å². The molecule has 16 heavy (non-hydrogen) atoms. The van der Waals surface area contributed by atoms with Crippen molar-refractivity contribution in [3.63, 3.8) is 0 Å². The van der Waals surface area contributed by atoms with Crippen molar-refractivity contribution in [3.8, 4) is 0 Å². The van der Waals surface area contributed by atoms with Gasteiger partial charge in [-0.25, -0.2) is 0 Å². The molecule has 0 saturated heterocycles. The number of hydrogen-bond acceptors (Lipinski definition) is 2. The van der Waals surface area contributed by atoms with Gasteiger partial charge in [0.2, 0.25) is 0 Å². The predicted octanol–water partition coefficient (Wildman–Crippen LogP) is 3.49. The molecule has 0 bridgehead atoms. The molecular formula is C11H13Cl2NOS. The van der Waals surface area contributed by atoms with E-state index in [9.17, 15) is 4.79 Å². The van der Waals surface area contributed by atoms with Crippen LogP contribution < -0.4 is 0 Å². The van der Waals surface area contributed by atoms with Gasteiger partial charge in [-0.05, 0) is 30.9 Å². The first kappa shape index (κ1) is 12.2. The number of hydrogen-bond donors (Lipinski definition) is 0. The SMILES string of the molecule is CN(CC1CC(Cl)C1)C(=O)c1ccc(Cl)s1. The third kappa shape index (κ3) is 2.70. The Balaban J connectivity index is 1.89. The Morgan fingerprint density at radius 1 is 1.56 bits per heavy atom. The molecule has 88 valence electrons. The lowest BCUT2D eigenvalue weighted by Crippen LogP contribution is -2.37. The molecule has 1 aliphatic carbocycles. The molecule has 0 N–H and O–H groups in total. The van der Waals surface area contributed by atoms with Gasteiger partial charge in [-0.1, -0.05) is 11.6 Å². The topological polar surface area (TPSA) is 20.3 Å². The number of thiophene rings is 1. The lowest BCUT2D eigenvalue weighted by atomic mass is 9.84. The number of carbonyl (C=O) groups is 1. The first-order chi connectivity index (χ1) is 7.56. The molecule has 0 aliphatic heterocycles. The summed E-state index contributed by atoms with van der Waals surface area (Å²) in [6.07, 6.45) is 2.04. The van der Waals surface area contributed by atoms with Gasteiger partial charge in [-0.2, -0.15) is 0 Å². The van der Waals surface area contributed by atoms with Crippen LogP contribution in [0.1, 0.15) is 22.5 Å². The van der Waals surface area contributed by atoms with Crippen molar-refractivity contribution in [2.45, 2.75) is 18.2 Å². The van der Waals surface area contributed by atoms with Crippen LogP contribution in [-0.4, -0.2) is 29.8 Å². The average Bonchev–Trinajstić information content (AvgIpc) is 2.61. The lowest BCUT2D eigenvalue weighted by Gasteiger charge is -2.33. The van der Waals surface area contributed by atoms with Gasteiger partial charge in [0, 0.05) is 19.0 Å². The van der Waals surface area contributed by atoms with Gasteiger partial charge in [0.05, 0.1) is 9.21 Å². The van der Waals surface area contributed by atoms with E-state index in [1.165, 1.54) is 11.3 Å². The van der Waals surface area contributed by atoms with Crippen molar-refractivity contribution in [3.05, 3.63) is 21.3 Å². The summed E-state index contributed by atoms with van der Waals surface area (Å²) in [6.45, 7) is 0.789. The predicted molar refractivity (Wildman–Crippen MR) is 68.7 cm³/mol. The first-order valence-electron chi connectivity index (χ1n) is 5.21. The Kier molecular flexibility index (Phi) is 3.77. The monoisotopic (exact) mass is 277 g/mol. The van der Waals surface area contributed by atoms with Crippen LogP contribution in [-0.2, 0) is 0 Å².